The van der Waals surface area contributed by atoms with Crippen LogP contribution >= 0.6 is 0 Å². The summed E-state index contributed by atoms with van der Waals surface area (Å²) in [5, 5.41) is 3.61. The number of carbonyl (C=O) groups excluding carboxylic acids is 1. The van der Waals surface area contributed by atoms with Crippen molar-refractivity contribution in [2.75, 3.05) is 23.8 Å². The highest BCUT2D eigenvalue weighted by Gasteiger charge is 2.53. The van der Waals surface area contributed by atoms with Gasteiger partial charge in [0.2, 0.25) is 0 Å². The van der Waals surface area contributed by atoms with Crippen LogP contribution < -0.4 is 15.0 Å². The normalized spacial score (nSPS) is 16.9. The Morgan fingerprint density at radius 2 is 1.57 bits per heavy atom. The van der Waals surface area contributed by atoms with Crippen LogP contribution in [-0.4, -0.2) is 19.6 Å². The van der Waals surface area contributed by atoms with Gasteiger partial charge in [-0.25, -0.2) is 4.79 Å². The molecule has 2 heterocycles. The molecule has 2 aliphatic heterocycles. The zero-order valence-electron chi connectivity index (χ0n) is 21.8. The van der Waals surface area contributed by atoms with Gasteiger partial charge < -0.3 is 19.7 Å². The van der Waals surface area contributed by atoms with Crippen molar-refractivity contribution in [1.82, 2.24) is 0 Å². The number of aryl methyl sites for hydroxylation is 3. The molecule has 0 amide bonds. The van der Waals surface area contributed by atoms with Crippen LogP contribution in [0.5, 0.6) is 11.5 Å². The largest absolute Gasteiger partial charge is 0.456 e. The van der Waals surface area contributed by atoms with Gasteiger partial charge in [0.25, 0.3) is 0 Å². The van der Waals surface area contributed by atoms with Gasteiger partial charge in [-0.1, -0.05) is 35.9 Å². The number of nitrogens with one attached hydrogen (secondary N) is 1. The fourth-order valence-electron chi connectivity index (χ4n) is 5.46. The lowest BCUT2D eigenvalue weighted by Gasteiger charge is -2.37. The second-order valence-corrected chi connectivity index (χ2v) is 10.0. The molecule has 0 saturated carbocycles. The van der Waals surface area contributed by atoms with Gasteiger partial charge in [-0.2, -0.15) is 0 Å². The predicted molar refractivity (Wildman–Crippen MR) is 148 cm³/mol. The number of esters is 1. The lowest BCUT2D eigenvalue weighted by Crippen LogP contribution is -2.33. The van der Waals surface area contributed by atoms with Crippen molar-refractivity contribution in [2.24, 2.45) is 0 Å². The number of nitrogens with zero attached hydrogens (tertiary/aromatic N) is 1. The minimum Gasteiger partial charge on any atom is -0.456 e. The highest BCUT2D eigenvalue weighted by molar-refractivity contribution is 5.97. The lowest BCUT2D eigenvalue weighted by atomic mass is 9.77. The summed E-state index contributed by atoms with van der Waals surface area (Å²) in [6.45, 7) is 9.23. The molecule has 0 radical (unpaired) electrons. The summed E-state index contributed by atoms with van der Waals surface area (Å²) in [6.07, 6.45) is 0. The van der Waals surface area contributed by atoms with Crippen molar-refractivity contribution in [1.29, 1.82) is 0 Å². The number of fused-ring (bicyclic) bond motifs is 6. The maximum Gasteiger partial charge on any atom is 0.340 e. The molecule has 0 aromatic heterocycles. The molecule has 5 nitrogen and oxygen atoms in total. The highest BCUT2D eigenvalue weighted by Crippen LogP contribution is 2.57. The summed E-state index contributed by atoms with van der Waals surface area (Å²) < 4.78 is 12.9. The van der Waals surface area contributed by atoms with E-state index in [2.05, 4.69) is 68.2 Å². The number of benzene rings is 4. The Bertz CT molecular complexity index is 1570. The topological polar surface area (TPSA) is 50.8 Å². The molecular weight excluding hydrogens is 460 g/mol. The molecule has 0 saturated heterocycles. The first-order chi connectivity index (χ1) is 17.8. The van der Waals surface area contributed by atoms with Gasteiger partial charge in [-0.15, -0.1) is 0 Å². The van der Waals surface area contributed by atoms with E-state index in [-0.39, 0.29) is 5.97 Å². The third kappa shape index (κ3) is 3.49. The maximum atomic E-state index is 13.2. The first-order valence-corrected chi connectivity index (χ1v) is 12.7. The molecular formula is C32H30N2O3. The number of hydrogen-bond acceptors (Lipinski definition) is 5. The van der Waals surface area contributed by atoms with E-state index in [4.69, 9.17) is 9.47 Å². The number of carbonyl (C=O) groups is 1. The van der Waals surface area contributed by atoms with Crippen LogP contribution in [0, 0.1) is 20.8 Å². The average molecular weight is 491 g/mol. The molecule has 6 rings (SSSR count). The molecule has 1 unspecified atom stereocenters. The first kappa shape index (κ1) is 23.2. The van der Waals surface area contributed by atoms with E-state index < -0.39 is 5.60 Å². The van der Waals surface area contributed by atoms with Gasteiger partial charge in [-0.05, 0) is 75.2 Å². The second-order valence-electron chi connectivity index (χ2n) is 10.0. The minimum atomic E-state index is -1.09. The van der Waals surface area contributed by atoms with Crippen molar-refractivity contribution >= 4 is 23.0 Å². The quantitative estimate of drug-likeness (QED) is 0.303. The van der Waals surface area contributed by atoms with Crippen LogP contribution in [0.3, 0.4) is 0 Å². The summed E-state index contributed by atoms with van der Waals surface area (Å²) in [6, 6.07) is 24.3. The molecule has 5 heteroatoms. The summed E-state index contributed by atoms with van der Waals surface area (Å²) in [7, 11) is 2.05. The minimum absolute atomic E-state index is 0.325. The summed E-state index contributed by atoms with van der Waals surface area (Å²) in [4.78, 5) is 15.4. The van der Waals surface area contributed by atoms with E-state index in [0.717, 1.165) is 45.9 Å². The molecule has 4 aromatic carbocycles. The Balaban J connectivity index is 1.58. The average Bonchev–Trinajstić information content (AvgIpc) is 3.18. The zero-order chi connectivity index (χ0) is 25.9. The molecule has 1 spiro atoms. The maximum absolute atomic E-state index is 13.2. The van der Waals surface area contributed by atoms with Crippen LogP contribution in [0.4, 0.5) is 17.1 Å². The van der Waals surface area contributed by atoms with E-state index in [0.29, 0.717) is 17.1 Å². The van der Waals surface area contributed by atoms with Crippen molar-refractivity contribution in [3.63, 3.8) is 0 Å². The molecule has 0 bridgehead atoms. The summed E-state index contributed by atoms with van der Waals surface area (Å²) >= 11 is 0. The summed E-state index contributed by atoms with van der Waals surface area (Å²) in [5.41, 5.74) is 8.42. The monoisotopic (exact) mass is 490 g/mol. The van der Waals surface area contributed by atoms with Crippen LogP contribution in [0.1, 0.15) is 50.7 Å². The van der Waals surface area contributed by atoms with Crippen LogP contribution in [0.25, 0.3) is 0 Å². The third-order valence-corrected chi connectivity index (χ3v) is 7.61. The smallest absolute Gasteiger partial charge is 0.340 e. The Kier molecular flexibility index (Phi) is 5.27. The molecule has 1 N–H and O–H groups in total. The third-order valence-electron chi connectivity index (χ3n) is 7.61. The van der Waals surface area contributed by atoms with Gasteiger partial charge in [0, 0.05) is 53.4 Å². The standard InChI is InChI=1S/C32H30N2O3/c1-6-34(5)22-12-13-25-30(17-22)36-29-16-21(4)28(33-27-14-11-19(2)15-20(27)3)18-26(29)32(25)24-10-8-7-9-23(24)31(35)37-32/h7-18,33H,6H2,1-5H3. The van der Waals surface area contributed by atoms with E-state index >= 15 is 0 Å². The van der Waals surface area contributed by atoms with Crippen LogP contribution in [0.2, 0.25) is 0 Å². The van der Waals surface area contributed by atoms with Gasteiger partial charge in [-0.3, -0.25) is 0 Å². The Hall–Kier alpha value is -4.25. The Morgan fingerprint density at radius 3 is 2.35 bits per heavy atom. The Morgan fingerprint density at radius 1 is 0.811 bits per heavy atom. The number of rotatable bonds is 4. The number of ether oxygens (including phenoxy) is 2. The van der Waals surface area contributed by atoms with Crippen LogP contribution in [0.15, 0.2) is 72.8 Å². The molecule has 37 heavy (non-hydrogen) atoms. The highest BCUT2D eigenvalue weighted by atomic mass is 16.6. The van der Waals surface area contributed by atoms with Gasteiger partial charge in [0.15, 0.2) is 5.60 Å². The fraction of sp³-hybridized carbons (Fsp3) is 0.219. The second kappa shape index (κ2) is 8.41. The molecule has 4 aromatic rings. The van der Waals surface area contributed by atoms with Gasteiger partial charge >= 0.3 is 5.97 Å². The molecule has 186 valence electrons. The molecule has 1 atom stereocenters. The predicted octanol–water partition coefficient (Wildman–Crippen LogP) is 7.38. The fourth-order valence-corrected chi connectivity index (χ4v) is 5.46. The molecule has 2 aliphatic rings. The lowest BCUT2D eigenvalue weighted by molar-refractivity contribution is 0.0224. The number of hydrogen-bond donors (Lipinski definition) is 1. The van der Waals surface area contributed by atoms with E-state index in [1.807, 2.05) is 49.5 Å². The van der Waals surface area contributed by atoms with Gasteiger partial charge in [0.1, 0.15) is 11.5 Å². The van der Waals surface area contributed by atoms with Crippen molar-refractivity contribution in [3.8, 4) is 11.5 Å². The summed E-state index contributed by atoms with van der Waals surface area (Å²) in [5.74, 6) is 1.06. The van der Waals surface area contributed by atoms with Crippen molar-refractivity contribution in [2.45, 2.75) is 33.3 Å². The van der Waals surface area contributed by atoms with E-state index in [9.17, 15) is 4.79 Å². The molecule has 0 fully saturated rings. The van der Waals surface area contributed by atoms with Crippen LogP contribution in [-0.2, 0) is 10.3 Å². The number of anilines is 3. The first-order valence-electron chi connectivity index (χ1n) is 12.7. The van der Waals surface area contributed by atoms with E-state index in [1.54, 1.807) is 0 Å². The van der Waals surface area contributed by atoms with Crippen molar-refractivity contribution < 1.29 is 14.3 Å². The Labute approximate surface area is 217 Å². The van der Waals surface area contributed by atoms with Gasteiger partial charge in [0.05, 0.1) is 5.56 Å². The SMILES string of the molecule is CCN(C)c1ccc2c(c1)Oc1cc(C)c(Nc3ccc(C)cc3C)cc1C21OC(=O)c2ccccc21. The zero-order valence-corrected chi connectivity index (χ0v) is 21.8. The molecule has 0 aliphatic carbocycles. The van der Waals surface area contributed by atoms with Crippen molar-refractivity contribution in [3.05, 3.63) is 112 Å². The van der Waals surface area contributed by atoms with E-state index in [1.165, 1.54) is 11.1 Å².